The molecule has 0 saturated heterocycles. The molecular formula is C15H27N3O2. The van der Waals surface area contributed by atoms with Gasteiger partial charge in [0.2, 0.25) is 11.7 Å². The van der Waals surface area contributed by atoms with Crippen LogP contribution in [0.3, 0.4) is 0 Å². The van der Waals surface area contributed by atoms with E-state index >= 15 is 0 Å². The summed E-state index contributed by atoms with van der Waals surface area (Å²) in [5.74, 6) is 2.05. The van der Waals surface area contributed by atoms with Crippen LogP contribution in [0.25, 0.3) is 0 Å². The van der Waals surface area contributed by atoms with Crippen LogP contribution in [0.4, 0.5) is 0 Å². The van der Waals surface area contributed by atoms with Gasteiger partial charge in [-0.2, -0.15) is 4.98 Å². The van der Waals surface area contributed by atoms with Crippen molar-refractivity contribution < 1.29 is 9.26 Å². The summed E-state index contributed by atoms with van der Waals surface area (Å²) in [6.45, 7) is 8.88. The molecule has 1 aliphatic carbocycles. The van der Waals surface area contributed by atoms with Crippen molar-refractivity contribution in [2.24, 2.45) is 11.7 Å². The zero-order valence-corrected chi connectivity index (χ0v) is 13.1. The molecule has 0 radical (unpaired) electrons. The average Bonchev–Trinajstić information content (AvgIpc) is 2.79. The molecule has 1 aromatic heterocycles. The largest absolute Gasteiger partial charge is 0.367 e. The summed E-state index contributed by atoms with van der Waals surface area (Å²) in [7, 11) is 0. The number of hydrogen-bond donors (Lipinski definition) is 1. The molecule has 0 aromatic carbocycles. The second-order valence-corrected chi connectivity index (χ2v) is 6.79. The van der Waals surface area contributed by atoms with Crippen molar-refractivity contribution in [2.75, 3.05) is 6.61 Å². The number of hydrogen-bond acceptors (Lipinski definition) is 5. The number of nitrogens with zero attached hydrogens (tertiary/aromatic N) is 2. The summed E-state index contributed by atoms with van der Waals surface area (Å²) in [5.41, 5.74) is 5.30. The minimum Gasteiger partial charge on any atom is -0.367 e. The molecule has 5 nitrogen and oxygen atoms in total. The van der Waals surface area contributed by atoms with Crippen LogP contribution in [0.5, 0.6) is 0 Å². The van der Waals surface area contributed by atoms with Crippen molar-refractivity contribution in [1.82, 2.24) is 10.1 Å². The molecule has 1 heterocycles. The maximum Gasteiger partial charge on any atom is 0.228 e. The van der Waals surface area contributed by atoms with Gasteiger partial charge in [0.05, 0.1) is 0 Å². The van der Waals surface area contributed by atoms with Crippen molar-refractivity contribution in [3.8, 4) is 0 Å². The molecule has 0 unspecified atom stereocenters. The lowest BCUT2D eigenvalue weighted by Gasteiger charge is -2.36. The molecule has 0 bridgehead atoms. The van der Waals surface area contributed by atoms with Gasteiger partial charge in [-0.3, -0.25) is 0 Å². The van der Waals surface area contributed by atoms with E-state index in [2.05, 4.69) is 17.1 Å². The van der Waals surface area contributed by atoms with Gasteiger partial charge in [-0.25, -0.2) is 0 Å². The predicted molar refractivity (Wildman–Crippen MR) is 77.2 cm³/mol. The molecular weight excluding hydrogens is 254 g/mol. The second-order valence-electron chi connectivity index (χ2n) is 6.79. The molecule has 2 N–H and O–H groups in total. The van der Waals surface area contributed by atoms with Gasteiger partial charge in [0, 0.05) is 18.6 Å². The normalized spacial score (nSPS) is 27.8. The Morgan fingerprint density at radius 2 is 2.05 bits per heavy atom. The van der Waals surface area contributed by atoms with Gasteiger partial charge in [0.15, 0.2) is 0 Å². The standard InChI is InChI=1S/C15H27N3O2/c1-5-19-15(8-6-11(2)7-9-15)13-17-12(20-18-13)10-14(3,4)16/h11H,5-10,16H2,1-4H3. The molecule has 1 fully saturated rings. The third-order valence-electron chi connectivity index (χ3n) is 3.99. The fourth-order valence-corrected chi connectivity index (χ4v) is 2.84. The van der Waals surface area contributed by atoms with E-state index < -0.39 is 0 Å². The summed E-state index contributed by atoms with van der Waals surface area (Å²) in [6.07, 6.45) is 4.80. The van der Waals surface area contributed by atoms with Crippen LogP contribution in [-0.2, 0) is 16.8 Å². The van der Waals surface area contributed by atoms with Gasteiger partial charge >= 0.3 is 0 Å². The van der Waals surface area contributed by atoms with E-state index in [0.717, 1.165) is 31.6 Å². The van der Waals surface area contributed by atoms with Gasteiger partial charge in [0.25, 0.3) is 0 Å². The maximum atomic E-state index is 6.03. The Balaban J connectivity index is 2.18. The molecule has 1 saturated carbocycles. The van der Waals surface area contributed by atoms with E-state index in [9.17, 15) is 0 Å². The Kier molecular flexibility index (Phi) is 4.49. The molecule has 5 heteroatoms. The Morgan fingerprint density at radius 1 is 1.40 bits per heavy atom. The molecule has 1 aliphatic rings. The maximum absolute atomic E-state index is 6.03. The lowest BCUT2D eigenvalue weighted by molar-refractivity contribution is -0.0847. The van der Waals surface area contributed by atoms with Gasteiger partial charge in [-0.05, 0) is 52.4 Å². The number of rotatable bonds is 5. The van der Waals surface area contributed by atoms with Crippen LogP contribution in [0.15, 0.2) is 4.52 Å². The molecule has 0 atom stereocenters. The summed E-state index contributed by atoms with van der Waals surface area (Å²) in [4.78, 5) is 4.55. The second kappa shape index (κ2) is 5.82. The molecule has 0 aliphatic heterocycles. The van der Waals surface area contributed by atoms with Crippen molar-refractivity contribution in [2.45, 2.75) is 70.9 Å². The van der Waals surface area contributed by atoms with Crippen LogP contribution in [0, 0.1) is 5.92 Å². The zero-order chi connectivity index (χ0) is 14.8. The van der Waals surface area contributed by atoms with E-state index in [1.165, 1.54) is 0 Å². The lowest BCUT2D eigenvalue weighted by atomic mass is 9.79. The third-order valence-corrected chi connectivity index (χ3v) is 3.99. The van der Waals surface area contributed by atoms with E-state index in [1.807, 2.05) is 20.8 Å². The Morgan fingerprint density at radius 3 is 2.60 bits per heavy atom. The molecule has 20 heavy (non-hydrogen) atoms. The summed E-state index contributed by atoms with van der Waals surface area (Å²) in [5, 5.41) is 4.17. The summed E-state index contributed by atoms with van der Waals surface area (Å²) in [6, 6.07) is 0. The SMILES string of the molecule is CCOC1(c2noc(CC(C)(C)N)n2)CCC(C)CC1. The minimum atomic E-state index is -0.359. The summed E-state index contributed by atoms with van der Waals surface area (Å²) >= 11 is 0. The highest BCUT2D eigenvalue weighted by Gasteiger charge is 2.41. The average molecular weight is 281 g/mol. The van der Waals surface area contributed by atoms with Crippen LogP contribution in [0.1, 0.15) is 65.1 Å². The van der Waals surface area contributed by atoms with E-state index in [0.29, 0.717) is 24.7 Å². The number of ether oxygens (including phenoxy) is 1. The lowest BCUT2D eigenvalue weighted by Crippen LogP contribution is -2.36. The monoisotopic (exact) mass is 281 g/mol. The summed E-state index contributed by atoms with van der Waals surface area (Å²) < 4.78 is 11.4. The van der Waals surface area contributed by atoms with E-state index in [1.54, 1.807) is 0 Å². The van der Waals surface area contributed by atoms with E-state index in [-0.39, 0.29) is 11.1 Å². The van der Waals surface area contributed by atoms with Crippen molar-refractivity contribution >= 4 is 0 Å². The van der Waals surface area contributed by atoms with Crippen LogP contribution >= 0.6 is 0 Å². The highest BCUT2D eigenvalue weighted by molar-refractivity contribution is 5.05. The van der Waals surface area contributed by atoms with Crippen LogP contribution in [0.2, 0.25) is 0 Å². The highest BCUT2D eigenvalue weighted by Crippen LogP contribution is 2.41. The van der Waals surface area contributed by atoms with Gasteiger partial charge < -0.3 is 15.0 Å². The van der Waals surface area contributed by atoms with Crippen molar-refractivity contribution in [3.05, 3.63) is 11.7 Å². The molecule has 0 spiro atoms. The van der Waals surface area contributed by atoms with Gasteiger partial charge in [-0.15, -0.1) is 0 Å². The predicted octanol–water partition coefficient (Wildman–Crippen LogP) is 2.79. The molecule has 114 valence electrons. The Labute approximate surface area is 121 Å². The fraction of sp³-hybridized carbons (Fsp3) is 0.867. The molecule has 1 aromatic rings. The quantitative estimate of drug-likeness (QED) is 0.898. The van der Waals surface area contributed by atoms with E-state index in [4.69, 9.17) is 15.0 Å². The highest BCUT2D eigenvalue weighted by atomic mass is 16.5. The Hall–Kier alpha value is -0.940. The minimum absolute atomic E-state index is 0.344. The zero-order valence-electron chi connectivity index (χ0n) is 13.1. The van der Waals surface area contributed by atoms with Gasteiger partial charge in [-0.1, -0.05) is 12.1 Å². The first-order valence-corrected chi connectivity index (χ1v) is 7.60. The first-order chi connectivity index (χ1) is 9.35. The number of aromatic nitrogens is 2. The fourth-order valence-electron chi connectivity index (χ4n) is 2.84. The smallest absolute Gasteiger partial charge is 0.228 e. The van der Waals surface area contributed by atoms with Crippen molar-refractivity contribution in [3.63, 3.8) is 0 Å². The third kappa shape index (κ3) is 3.58. The molecule has 2 rings (SSSR count). The van der Waals surface area contributed by atoms with Crippen LogP contribution in [-0.4, -0.2) is 22.3 Å². The topological polar surface area (TPSA) is 74.2 Å². The first kappa shape index (κ1) is 15.4. The molecule has 0 amide bonds. The Bertz CT molecular complexity index is 429. The van der Waals surface area contributed by atoms with Crippen molar-refractivity contribution in [1.29, 1.82) is 0 Å². The number of nitrogens with two attached hydrogens (primary N) is 1. The van der Waals surface area contributed by atoms with Crippen LogP contribution < -0.4 is 5.73 Å². The van der Waals surface area contributed by atoms with Gasteiger partial charge in [0.1, 0.15) is 5.60 Å². The first-order valence-electron chi connectivity index (χ1n) is 7.60.